The van der Waals surface area contributed by atoms with Crippen LogP contribution >= 0.6 is 23.2 Å². The quantitative estimate of drug-likeness (QED) is 0.825. The van der Waals surface area contributed by atoms with Gasteiger partial charge in [0.1, 0.15) is 5.82 Å². The molecule has 1 aromatic carbocycles. The number of rotatable bonds is 2. The Morgan fingerprint density at radius 1 is 1.42 bits per heavy atom. The van der Waals surface area contributed by atoms with Gasteiger partial charge in [-0.15, -0.1) is 0 Å². The Morgan fingerprint density at radius 3 is 2.84 bits per heavy atom. The molecule has 104 valence electrons. The summed E-state index contributed by atoms with van der Waals surface area (Å²) in [5, 5.41) is 6.22. The van der Waals surface area contributed by atoms with Crippen molar-refractivity contribution in [3.8, 4) is 0 Å². The van der Waals surface area contributed by atoms with Crippen LogP contribution in [0.1, 0.15) is 23.7 Å². The third-order valence-corrected chi connectivity index (χ3v) is 3.96. The molecule has 0 radical (unpaired) electrons. The minimum Gasteiger partial charge on any atom is -0.349 e. The summed E-state index contributed by atoms with van der Waals surface area (Å²) in [6.45, 7) is 3.77. The van der Waals surface area contributed by atoms with Crippen molar-refractivity contribution >= 4 is 29.1 Å². The minimum absolute atomic E-state index is 0.0727. The highest BCUT2D eigenvalue weighted by molar-refractivity contribution is 6.36. The fourth-order valence-corrected chi connectivity index (χ4v) is 2.64. The summed E-state index contributed by atoms with van der Waals surface area (Å²) in [6, 6.07) is 2.40. The molecule has 1 aromatic rings. The first kappa shape index (κ1) is 14.6. The third kappa shape index (κ3) is 3.38. The third-order valence-electron chi connectivity index (χ3n) is 3.36. The highest BCUT2D eigenvalue weighted by Gasteiger charge is 2.24. The molecule has 0 bridgehead atoms. The Morgan fingerprint density at radius 2 is 2.16 bits per heavy atom. The van der Waals surface area contributed by atoms with Gasteiger partial charge in [0, 0.05) is 6.04 Å². The lowest BCUT2D eigenvalue weighted by molar-refractivity contribution is 0.0914. The second kappa shape index (κ2) is 6.07. The topological polar surface area (TPSA) is 41.1 Å². The zero-order chi connectivity index (χ0) is 14.0. The summed E-state index contributed by atoms with van der Waals surface area (Å²) in [6.07, 6.45) is 0.848. The molecule has 19 heavy (non-hydrogen) atoms. The van der Waals surface area contributed by atoms with Crippen LogP contribution in [0, 0.1) is 11.7 Å². The molecule has 1 saturated heterocycles. The van der Waals surface area contributed by atoms with Gasteiger partial charge < -0.3 is 10.6 Å². The van der Waals surface area contributed by atoms with E-state index >= 15 is 0 Å². The van der Waals surface area contributed by atoms with Crippen LogP contribution in [0.4, 0.5) is 4.39 Å². The summed E-state index contributed by atoms with van der Waals surface area (Å²) in [4.78, 5) is 12.1. The van der Waals surface area contributed by atoms with Gasteiger partial charge in [0.25, 0.3) is 5.91 Å². The molecule has 3 nitrogen and oxygen atoms in total. The van der Waals surface area contributed by atoms with E-state index in [1.807, 2.05) is 0 Å². The van der Waals surface area contributed by atoms with Crippen molar-refractivity contribution < 1.29 is 9.18 Å². The molecule has 1 aliphatic heterocycles. The Bertz CT molecular complexity index is 496. The summed E-state index contributed by atoms with van der Waals surface area (Å²) in [7, 11) is 0. The van der Waals surface area contributed by atoms with E-state index < -0.39 is 5.82 Å². The van der Waals surface area contributed by atoms with Crippen LogP contribution in [0.15, 0.2) is 12.1 Å². The van der Waals surface area contributed by atoms with E-state index in [1.54, 1.807) is 0 Å². The van der Waals surface area contributed by atoms with Crippen LogP contribution in [-0.4, -0.2) is 25.0 Å². The maximum absolute atomic E-state index is 13.4. The Hall–Kier alpha value is -0.840. The molecular weight excluding hydrogens is 290 g/mol. The van der Waals surface area contributed by atoms with E-state index in [2.05, 4.69) is 17.6 Å². The summed E-state index contributed by atoms with van der Waals surface area (Å²) >= 11 is 11.5. The zero-order valence-corrected chi connectivity index (χ0v) is 12.0. The number of benzene rings is 1. The molecule has 2 atom stereocenters. The van der Waals surface area contributed by atoms with Crippen LogP contribution in [0.25, 0.3) is 0 Å². The number of carbonyl (C=O) groups is 1. The molecule has 0 spiro atoms. The highest BCUT2D eigenvalue weighted by atomic mass is 35.5. The summed E-state index contributed by atoms with van der Waals surface area (Å²) in [5.41, 5.74) is 0.120. The molecule has 1 aliphatic rings. The molecule has 1 amide bonds. The highest BCUT2D eigenvalue weighted by Crippen LogP contribution is 2.24. The lowest BCUT2D eigenvalue weighted by Crippen LogP contribution is -2.48. The largest absolute Gasteiger partial charge is 0.349 e. The van der Waals surface area contributed by atoms with Gasteiger partial charge in [-0.1, -0.05) is 30.1 Å². The molecule has 0 saturated carbocycles. The normalized spacial score (nSPS) is 23.2. The van der Waals surface area contributed by atoms with Crippen molar-refractivity contribution in [1.82, 2.24) is 10.6 Å². The van der Waals surface area contributed by atoms with Gasteiger partial charge in [0.05, 0.1) is 15.6 Å². The standard InChI is InChI=1S/C13H15Cl2FN2O/c1-7-6-17-3-2-12(7)18-13(19)8-4-11(16)10(15)5-9(8)14/h4-5,7,12,17H,2-3,6H2,1H3,(H,18,19). The van der Waals surface area contributed by atoms with Crippen molar-refractivity contribution in [2.45, 2.75) is 19.4 Å². The van der Waals surface area contributed by atoms with Crippen LogP contribution in [0.3, 0.4) is 0 Å². The molecule has 1 fully saturated rings. The molecule has 2 N–H and O–H groups in total. The van der Waals surface area contributed by atoms with E-state index in [-0.39, 0.29) is 27.6 Å². The number of nitrogens with one attached hydrogen (secondary N) is 2. The minimum atomic E-state index is -0.644. The predicted molar refractivity (Wildman–Crippen MR) is 74.3 cm³/mol. The lowest BCUT2D eigenvalue weighted by Gasteiger charge is -2.30. The lowest BCUT2D eigenvalue weighted by atomic mass is 9.95. The van der Waals surface area contributed by atoms with Crippen molar-refractivity contribution in [2.24, 2.45) is 5.92 Å². The molecule has 0 aromatic heterocycles. The van der Waals surface area contributed by atoms with E-state index in [0.29, 0.717) is 5.92 Å². The zero-order valence-electron chi connectivity index (χ0n) is 10.5. The molecule has 1 heterocycles. The SMILES string of the molecule is CC1CNCCC1NC(=O)c1cc(F)c(Cl)cc1Cl. The Labute approximate surface area is 121 Å². The molecule has 6 heteroatoms. The summed E-state index contributed by atoms with van der Waals surface area (Å²) in [5.74, 6) is -0.678. The molecule has 0 aliphatic carbocycles. The van der Waals surface area contributed by atoms with Crippen molar-refractivity contribution in [3.05, 3.63) is 33.6 Å². The van der Waals surface area contributed by atoms with Gasteiger partial charge in [-0.2, -0.15) is 0 Å². The number of halogens is 3. The first-order valence-corrected chi connectivity index (χ1v) is 6.90. The smallest absolute Gasteiger partial charge is 0.253 e. The van der Waals surface area contributed by atoms with Crippen LogP contribution in [-0.2, 0) is 0 Å². The van der Waals surface area contributed by atoms with Gasteiger partial charge in [-0.3, -0.25) is 4.79 Å². The predicted octanol–water partition coefficient (Wildman–Crippen LogP) is 2.86. The second-order valence-corrected chi connectivity index (χ2v) is 5.61. The molecular formula is C13H15Cl2FN2O. The van der Waals surface area contributed by atoms with E-state index in [0.717, 1.165) is 25.6 Å². The second-order valence-electron chi connectivity index (χ2n) is 4.80. The Balaban J connectivity index is 2.13. The van der Waals surface area contributed by atoms with Crippen LogP contribution in [0.2, 0.25) is 10.0 Å². The molecule has 2 rings (SSSR count). The number of hydrogen-bond donors (Lipinski definition) is 2. The number of hydrogen-bond acceptors (Lipinski definition) is 2. The fraction of sp³-hybridized carbons (Fsp3) is 0.462. The first-order valence-electron chi connectivity index (χ1n) is 6.15. The Kier molecular flexibility index (Phi) is 4.66. The molecule has 2 unspecified atom stereocenters. The monoisotopic (exact) mass is 304 g/mol. The average Bonchev–Trinajstić information content (AvgIpc) is 2.36. The number of carbonyl (C=O) groups excluding carboxylic acids is 1. The number of piperidine rings is 1. The van der Waals surface area contributed by atoms with Crippen molar-refractivity contribution in [1.29, 1.82) is 0 Å². The van der Waals surface area contributed by atoms with Gasteiger partial charge in [0.15, 0.2) is 0 Å². The summed E-state index contributed by atoms with van der Waals surface area (Å²) < 4.78 is 13.4. The van der Waals surface area contributed by atoms with E-state index in [4.69, 9.17) is 23.2 Å². The van der Waals surface area contributed by atoms with Gasteiger partial charge in [-0.25, -0.2) is 4.39 Å². The van der Waals surface area contributed by atoms with Crippen LogP contribution < -0.4 is 10.6 Å². The van der Waals surface area contributed by atoms with Crippen molar-refractivity contribution in [3.63, 3.8) is 0 Å². The van der Waals surface area contributed by atoms with Gasteiger partial charge >= 0.3 is 0 Å². The van der Waals surface area contributed by atoms with E-state index in [1.165, 1.54) is 6.07 Å². The maximum Gasteiger partial charge on any atom is 0.253 e. The van der Waals surface area contributed by atoms with E-state index in [9.17, 15) is 9.18 Å². The van der Waals surface area contributed by atoms with Crippen LogP contribution in [0.5, 0.6) is 0 Å². The average molecular weight is 305 g/mol. The first-order chi connectivity index (χ1) is 8.99. The van der Waals surface area contributed by atoms with Crippen molar-refractivity contribution in [2.75, 3.05) is 13.1 Å². The fourth-order valence-electron chi connectivity index (χ4n) is 2.17. The maximum atomic E-state index is 13.4. The van der Waals surface area contributed by atoms with Gasteiger partial charge in [0.2, 0.25) is 0 Å². The van der Waals surface area contributed by atoms with Gasteiger partial charge in [-0.05, 0) is 37.6 Å². The number of amides is 1.